The highest BCUT2D eigenvalue weighted by molar-refractivity contribution is 5.80. The minimum absolute atomic E-state index is 0.0507. The van der Waals surface area contributed by atoms with Crippen molar-refractivity contribution in [1.82, 2.24) is 25.5 Å². The zero-order valence-electron chi connectivity index (χ0n) is 22.6. The lowest BCUT2D eigenvalue weighted by Crippen LogP contribution is -2.51. The lowest BCUT2D eigenvalue weighted by molar-refractivity contribution is -0.132. The van der Waals surface area contributed by atoms with Gasteiger partial charge in [0.05, 0.1) is 42.5 Å². The van der Waals surface area contributed by atoms with Gasteiger partial charge in [-0.15, -0.1) is 0 Å². The molecule has 4 heterocycles. The third kappa shape index (κ3) is 4.87. The molecule has 2 aromatic rings. The number of hydrogen-bond donors (Lipinski definition) is 2. The lowest BCUT2D eigenvalue weighted by Gasteiger charge is -2.38. The van der Waals surface area contributed by atoms with Crippen molar-refractivity contribution in [2.24, 2.45) is 11.8 Å². The molecule has 1 aromatic heterocycles. The highest BCUT2D eigenvalue weighted by atomic mass is 19.1. The number of benzene rings is 1. The van der Waals surface area contributed by atoms with Gasteiger partial charge in [0.2, 0.25) is 5.91 Å². The highest BCUT2D eigenvalue weighted by Crippen LogP contribution is 2.43. The van der Waals surface area contributed by atoms with Crippen LogP contribution in [0, 0.1) is 17.7 Å². The van der Waals surface area contributed by atoms with Crippen molar-refractivity contribution in [2.45, 2.75) is 95.5 Å². The number of nitrogens with zero attached hydrogens (tertiary/aromatic N) is 3. The molecule has 0 radical (unpaired) electrons. The Labute approximate surface area is 224 Å². The van der Waals surface area contributed by atoms with Gasteiger partial charge in [0.1, 0.15) is 5.82 Å². The number of ether oxygens (including phenoxy) is 1. The van der Waals surface area contributed by atoms with E-state index in [1.807, 2.05) is 16.5 Å². The van der Waals surface area contributed by atoms with Gasteiger partial charge in [-0.3, -0.25) is 19.6 Å². The van der Waals surface area contributed by atoms with Gasteiger partial charge >= 0.3 is 0 Å². The third-order valence-corrected chi connectivity index (χ3v) is 9.37. The third-order valence-electron chi connectivity index (χ3n) is 9.37. The number of amides is 1. The van der Waals surface area contributed by atoms with Crippen LogP contribution in [-0.4, -0.2) is 53.1 Å². The number of hydroxylamine groups is 1. The number of aromatic nitrogens is 2. The van der Waals surface area contributed by atoms with Crippen molar-refractivity contribution in [3.63, 3.8) is 0 Å². The monoisotopic (exact) mass is 527 g/mol. The first-order chi connectivity index (χ1) is 18.6. The zero-order valence-corrected chi connectivity index (χ0v) is 22.6. The molecule has 1 amide bonds. The predicted molar refractivity (Wildman–Crippen MR) is 142 cm³/mol. The summed E-state index contributed by atoms with van der Waals surface area (Å²) in [6.45, 7) is 4.68. The number of carbonyl (C=O) groups is 1. The Bertz CT molecular complexity index is 1120. The topological polar surface area (TPSA) is 80.7 Å². The van der Waals surface area contributed by atoms with Gasteiger partial charge in [0.25, 0.3) is 0 Å². The molecule has 1 aromatic carbocycles. The first kappa shape index (κ1) is 26.2. The summed E-state index contributed by atoms with van der Waals surface area (Å²) in [5.74, 6) is 0.524. The average molecular weight is 528 g/mol. The van der Waals surface area contributed by atoms with Crippen LogP contribution in [0.25, 0.3) is 10.9 Å². The molecule has 1 aliphatic carbocycles. The second kappa shape index (κ2) is 11.2. The van der Waals surface area contributed by atoms with Crippen molar-refractivity contribution >= 4 is 16.8 Å². The molecule has 2 atom stereocenters. The SMILES string of the molecule is CCC(=O)N1CCC(C2NOC(c3cc(F)c4cnn(C5COC5)c4c3)(C3CCCCCCCC3)N2)CC1. The second-order valence-corrected chi connectivity index (χ2v) is 11.7. The molecule has 2 unspecified atom stereocenters. The molecule has 3 saturated heterocycles. The van der Waals surface area contributed by atoms with E-state index < -0.39 is 5.72 Å². The zero-order chi connectivity index (χ0) is 26.1. The molecule has 3 aliphatic heterocycles. The van der Waals surface area contributed by atoms with E-state index in [1.54, 1.807) is 12.3 Å². The molecule has 6 rings (SSSR count). The molecule has 0 bridgehead atoms. The first-order valence-corrected chi connectivity index (χ1v) is 14.8. The Morgan fingerprint density at radius 2 is 1.79 bits per heavy atom. The summed E-state index contributed by atoms with van der Waals surface area (Å²) in [7, 11) is 0. The molecule has 4 fully saturated rings. The largest absolute Gasteiger partial charge is 0.377 e. The summed E-state index contributed by atoms with van der Waals surface area (Å²) in [5, 5.41) is 8.96. The maximum absolute atomic E-state index is 15.6. The van der Waals surface area contributed by atoms with Crippen LogP contribution >= 0.6 is 0 Å². The normalized spacial score (nSPS) is 28.7. The summed E-state index contributed by atoms with van der Waals surface area (Å²) in [4.78, 5) is 20.8. The van der Waals surface area contributed by atoms with Crippen LogP contribution in [0.5, 0.6) is 0 Å². The number of hydrogen-bond acceptors (Lipinski definition) is 6. The Kier molecular flexibility index (Phi) is 7.71. The Hall–Kier alpha value is -2.07. The number of carbonyl (C=O) groups excluding carboxylic acids is 1. The predicted octanol–water partition coefficient (Wildman–Crippen LogP) is 4.75. The van der Waals surface area contributed by atoms with Crippen LogP contribution < -0.4 is 10.8 Å². The van der Waals surface area contributed by atoms with Crippen LogP contribution in [0.15, 0.2) is 18.3 Å². The molecule has 8 nitrogen and oxygen atoms in total. The second-order valence-electron chi connectivity index (χ2n) is 11.7. The minimum Gasteiger partial charge on any atom is -0.377 e. The quantitative estimate of drug-likeness (QED) is 0.584. The number of nitrogens with one attached hydrogen (secondary N) is 2. The van der Waals surface area contributed by atoms with Crippen molar-refractivity contribution in [1.29, 1.82) is 0 Å². The minimum atomic E-state index is -0.814. The number of piperidine rings is 1. The van der Waals surface area contributed by atoms with Gasteiger partial charge in [-0.25, -0.2) is 4.39 Å². The maximum Gasteiger partial charge on any atom is 0.222 e. The van der Waals surface area contributed by atoms with E-state index in [1.165, 1.54) is 25.7 Å². The van der Waals surface area contributed by atoms with Gasteiger partial charge < -0.3 is 9.64 Å². The summed E-state index contributed by atoms with van der Waals surface area (Å²) in [5.41, 5.74) is 4.19. The van der Waals surface area contributed by atoms with Crippen LogP contribution in [0.1, 0.15) is 89.2 Å². The standard InChI is InChI=1S/C29H42FN5O3/c1-2-27(36)34-13-11-20(12-14-34)28-32-29(38-33-28,21-9-7-5-3-4-6-8-10-21)22-15-25(30)24-17-31-35(26(24)16-22)23-18-37-19-23/h15-17,20-21,23,28,32-33H,2-14,18-19H2,1H3. The fourth-order valence-electron chi connectivity index (χ4n) is 6.96. The number of fused-ring (bicyclic) bond motifs is 1. The van der Waals surface area contributed by atoms with Crippen LogP contribution in [0.4, 0.5) is 4.39 Å². The van der Waals surface area contributed by atoms with Crippen LogP contribution in [0.3, 0.4) is 0 Å². The van der Waals surface area contributed by atoms with Crippen LogP contribution in [0.2, 0.25) is 0 Å². The van der Waals surface area contributed by atoms with Crippen molar-refractivity contribution in [3.05, 3.63) is 29.7 Å². The fraction of sp³-hybridized carbons (Fsp3) is 0.724. The molecule has 4 aliphatic rings. The summed E-state index contributed by atoms with van der Waals surface area (Å²) >= 11 is 0. The van der Waals surface area contributed by atoms with Gasteiger partial charge in [-0.05, 0) is 43.7 Å². The van der Waals surface area contributed by atoms with E-state index in [0.717, 1.165) is 62.7 Å². The Morgan fingerprint density at radius 1 is 1.08 bits per heavy atom. The van der Waals surface area contributed by atoms with Gasteiger partial charge in [0, 0.05) is 31.0 Å². The molecule has 1 saturated carbocycles. The van der Waals surface area contributed by atoms with E-state index in [0.29, 0.717) is 30.9 Å². The van der Waals surface area contributed by atoms with Crippen molar-refractivity contribution in [2.75, 3.05) is 26.3 Å². The van der Waals surface area contributed by atoms with Gasteiger partial charge in [0.15, 0.2) is 5.72 Å². The van der Waals surface area contributed by atoms with Crippen molar-refractivity contribution < 1.29 is 18.8 Å². The lowest BCUT2D eigenvalue weighted by atomic mass is 9.81. The molecular weight excluding hydrogens is 485 g/mol. The van der Waals surface area contributed by atoms with E-state index in [4.69, 9.17) is 9.57 Å². The molecule has 9 heteroatoms. The first-order valence-electron chi connectivity index (χ1n) is 14.8. The summed E-state index contributed by atoms with van der Waals surface area (Å²) in [6, 6.07) is 3.90. The smallest absolute Gasteiger partial charge is 0.222 e. The Balaban J connectivity index is 1.32. The highest BCUT2D eigenvalue weighted by Gasteiger charge is 2.50. The Morgan fingerprint density at radius 3 is 2.45 bits per heavy atom. The molecule has 208 valence electrons. The summed E-state index contributed by atoms with van der Waals surface area (Å²) < 4.78 is 22.9. The fourth-order valence-corrected chi connectivity index (χ4v) is 6.96. The van der Waals surface area contributed by atoms with E-state index >= 15 is 4.39 Å². The number of rotatable bonds is 5. The van der Waals surface area contributed by atoms with E-state index in [2.05, 4.69) is 22.0 Å². The molecule has 0 spiro atoms. The van der Waals surface area contributed by atoms with Gasteiger partial charge in [-0.2, -0.15) is 10.6 Å². The molecular formula is C29H42FN5O3. The summed E-state index contributed by atoms with van der Waals surface area (Å²) in [6.07, 6.45) is 13.4. The molecule has 38 heavy (non-hydrogen) atoms. The van der Waals surface area contributed by atoms with E-state index in [-0.39, 0.29) is 29.8 Å². The van der Waals surface area contributed by atoms with E-state index in [9.17, 15) is 4.79 Å². The van der Waals surface area contributed by atoms with Crippen LogP contribution in [-0.2, 0) is 20.1 Å². The van der Waals surface area contributed by atoms with Gasteiger partial charge in [-0.1, -0.05) is 45.4 Å². The van der Waals surface area contributed by atoms with Crippen molar-refractivity contribution in [3.8, 4) is 0 Å². The number of likely N-dealkylation sites (tertiary alicyclic amines) is 1. The molecule has 2 N–H and O–H groups in total. The number of halogens is 1. The maximum atomic E-state index is 15.6. The average Bonchev–Trinajstić information content (AvgIpc) is 3.56.